The summed E-state index contributed by atoms with van der Waals surface area (Å²) >= 11 is 0. The number of nitrogens with zero attached hydrogens (tertiary/aromatic N) is 1. The molecule has 0 saturated heterocycles. The van der Waals surface area contributed by atoms with E-state index in [2.05, 4.69) is 234 Å². The fraction of sp³-hybridized carbons (Fsp3) is 0.143. The fourth-order valence-corrected chi connectivity index (χ4v) is 12.7. The highest BCUT2D eigenvalue weighted by atomic mass is 16.5. The minimum absolute atomic E-state index is 0.0106. The molecule has 1 heterocycles. The van der Waals surface area contributed by atoms with Crippen LogP contribution >= 0.6 is 0 Å². The summed E-state index contributed by atoms with van der Waals surface area (Å²) in [6.45, 7) is 11.8. The molecule has 1 aliphatic heterocycles. The molecular formula is C63H47NO. The number of ether oxygens (including phenoxy) is 1. The molecule has 9 aromatic carbocycles. The number of fused-ring (bicyclic) bond motifs is 20. The summed E-state index contributed by atoms with van der Waals surface area (Å²) in [5.74, 6) is 1.80. The first kappa shape index (κ1) is 37.0. The van der Waals surface area contributed by atoms with E-state index < -0.39 is 10.8 Å². The zero-order valence-corrected chi connectivity index (χ0v) is 37.3. The second-order valence-electron chi connectivity index (χ2n) is 20.4. The largest absolute Gasteiger partial charge is 0.457 e. The third-order valence-electron chi connectivity index (χ3n) is 15.8. The van der Waals surface area contributed by atoms with Crippen molar-refractivity contribution in [3.63, 3.8) is 0 Å². The molecule has 1 unspecified atom stereocenters. The van der Waals surface area contributed by atoms with Crippen molar-refractivity contribution in [3.05, 3.63) is 255 Å². The Hall–Kier alpha value is -7.42. The van der Waals surface area contributed by atoms with Crippen molar-refractivity contribution in [2.75, 3.05) is 4.90 Å². The monoisotopic (exact) mass is 833 g/mol. The van der Waals surface area contributed by atoms with E-state index in [4.69, 9.17) is 4.74 Å². The maximum absolute atomic E-state index is 6.71. The number of hydrogen-bond donors (Lipinski definition) is 0. The van der Waals surface area contributed by atoms with Gasteiger partial charge in [-0.15, -0.1) is 0 Å². The maximum Gasteiger partial charge on any atom is 0.132 e. The number of benzene rings is 9. The van der Waals surface area contributed by atoms with E-state index in [0.29, 0.717) is 0 Å². The Morgan fingerprint density at radius 1 is 0.338 bits per heavy atom. The van der Waals surface area contributed by atoms with Gasteiger partial charge in [0.05, 0.1) is 10.8 Å². The SMILES string of the molecule is CC(C)(C)c1ccc2c(c1)C1(c3ccccc3-c3ccc(N(c4ccccc4)c4ccc5c(c4)C4(c6ccccc6Oc6ccccc64)c4ccccc4-5)cc31)c1cc3c(cc1-2)C3(C)C. The van der Waals surface area contributed by atoms with Gasteiger partial charge in [0, 0.05) is 33.6 Å². The summed E-state index contributed by atoms with van der Waals surface area (Å²) in [6.07, 6.45) is 0. The number of para-hydroxylation sites is 3. The normalized spacial score (nSPS) is 17.4. The van der Waals surface area contributed by atoms with Gasteiger partial charge >= 0.3 is 0 Å². The standard InChI is InChI=1S/C63H47NO/c1-60(2,3)38-27-30-46-47-36-56-57(61(56,4)5)37-55(47)63(52(46)33-38)49-22-12-10-20-43(49)45-32-29-41(35-54(45)63)64(39-17-7-6-8-18-39)40-28-31-44-42-19-9-11-21-48(42)62(53(44)34-40)50-23-13-15-25-58(50)65-59-26-16-14-24-51(59)62/h6-37H,1-5H3. The molecule has 2 spiro atoms. The smallest absolute Gasteiger partial charge is 0.132 e. The Balaban J connectivity index is 1.04. The summed E-state index contributed by atoms with van der Waals surface area (Å²) in [5, 5.41) is 0. The van der Waals surface area contributed by atoms with Crippen LogP contribution in [-0.2, 0) is 21.7 Å². The number of anilines is 3. The summed E-state index contributed by atoms with van der Waals surface area (Å²) in [7, 11) is 0. The molecule has 310 valence electrons. The van der Waals surface area contributed by atoms with Gasteiger partial charge in [-0.25, -0.2) is 0 Å². The highest BCUT2D eigenvalue weighted by Crippen LogP contribution is 2.67. The lowest BCUT2D eigenvalue weighted by Crippen LogP contribution is -2.32. The molecule has 2 heteroatoms. The van der Waals surface area contributed by atoms with Crippen LogP contribution in [0.4, 0.5) is 17.1 Å². The third kappa shape index (κ3) is 4.59. The van der Waals surface area contributed by atoms with Crippen molar-refractivity contribution >= 4 is 17.1 Å². The van der Waals surface area contributed by atoms with Crippen LogP contribution in [0.1, 0.15) is 95.8 Å². The van der Waals surface area contributed by atoms with Crippen molar-refractivity contribution in [1.82, 2.24) is 0 Å². The minimum atomic E-state index is -0.571. The predicted octanol–water partition coefficient (Wildman–Crippen LogP) is 15.9. The van der Waals surface area contributed by atoms with Gasteiger partial charge in [0.25, 0.3) is 0 Å². The van der Waals surface area contributed by atoms with Gasteiger partial charge in [-0.2, -0.15) is 0 Å². The first-order valence-electron chi connectivity index (χ1n) is 23.2. The average molecular weight is 834 g/mol. The lowest BCUT2D eigenvalue weighted by atomic mass is 9.66. The van der Waals surface area contributed by atoms with Crippen LogP contribution in [0.3, 0.4) is 0 Å². The van der Waals surface area contributed by atoms with Crippen molar-refractivity contribution in [2.45, 2.75) is 56.3 Å². The molecule has 65 heavy (non-hydrogen) atoms. The van der Waals surface area contributed by atoms with Crippen LogP contribution in [0.15, 0.2) is 194 Å². The molecule has 0 bridgehead atoms. The lowest BCUT2D eigenvalue weighted by molar-refractivity contribution is 0.436. The Morgan fingerprint density at radius 3 is 1.35 bits per heavy atom. The van der Waals surface area contributed by atoms with Crippen molar-refractivity contribution < 1.29 is 4.74 Å². The van der Waals surface area contributed by atoms with E-state index >= 15 is 0 Å². The molecule has 0 saturated carbocycles. The minimum Gasteiger partial charge on any atom is -0.457 e. The van der Waals surface area contributed by atoms with Crippen molar-refractivity contribution in [1.29, 1.82) is 0 Å². The molecule has 0 amide bonds. The van der Waals surface area contributed by atoms with Crippen LogP contribution in [0, 0.1) is 0 Å². The van der Waals surface area contributed by atoms with E-state index in [-0.39, 0.29) is 10.8 Å². The third-order valence-corrected chi connectivity index (χ3v) is 15.8. The van der Waals surface area contributed by atoms with E-state index in [1.807, 2.05) is 0 Å². The van der Waals surface area contributed by atoms with Gasteiger partial charge < -0.3 is 9.64 Å². The van der Waals surface area contributed by atoms with Gasteiger partial charge in [0.2, 0.25) is 0 Å². The van der Waals surface area contributed by atoms with Crippen molar-refractivity contribution in [2.24, 2.45) is 0 Å². The van der Waals surface area contributed by atoms with Gasteiger partial charge in [0.15, 0.2) is 0 Å². The van der Waals surface area contributed by atoms with E-state index in [1.165, 1.54) is 94.6 Å². The van der Waals surface area contributed by atoms with Gasteiger partial charge in [-0.1, -0.05) is 174 Å². The summed E-state index contributed by atoms with van der Waals surface area (Å²) in [4.78, 5) is 2.49. The second kappa shape index (κ2) is 12.4. The Labute approximate surface area is 381 Å². The first-order chi connectivity index (χ1) is 31.6. The predicted molar refractivity (Wildman–Crippen MR) is 266 cm³/mol. The number of rotatable bonds is 3. The fourth-order valence-electron chi connectivity index (χ4n) is 12.7. The van der Waals surface area contributed by atoms with E-state index in [1.54, 1.807) is 0 Å². The summed E-state index contributed by atoms with van der Waals surface area (Å²) < 4.78 is 6.71. The molecule has 14 rings (SSSR count). The molecule has 9 aromatic rings. The quantitative estimate of drug-likeness (QED) is 0.176. The summed E-state index contributed by atoms with van der Waals surface area (Å²) in [5.41, 5.74) is 25.0. The van der Waals surface area contributed by atoms with Crippen LogP contribution < -0.4 is 9.64 Å². The van der Waals surface area contributed by atoms with Crippen LogP contribution in [0.25, 0.3) is 33.4 Å². The Morgan fingerprint density at radius 2 is 0.769 bits per heavy atom. The topological polar surface area (TPSA) is 12.5 Å². The zero-order valence-electron chi connectivity index (χ0n) is 37.3. The molecular weight excluding hydrogens is 787 g/mol. The zero-order chi connectivity index (χ0) is 43.6. The molecule has 5 aliphatic rings. The molecule has 0 N–H and O–H groups in total. The first-order valence-corrected chi connectivity index (χ1v) is 23.2. The second-order valence-corrected chi connectivity index (χ2v) is 20.4. The highest BCUT2D eigenvalue weighted by molar-refractivity contribution is 5.98. The van der Waals surface area contributed by atoms with Gasteiger partial charge in [-0.05, 0) is 143 Å². The van der Waals surface area contributed by atoms with Crippen LogP contribution in [0.5, 0.6) is 11.5 Å². The molecule has 0 aromatic heterocycles. The molecule has 2 nitrogen and oxygen atoms in total. The molecule has 4 aliphatic carbocycles. The molecule has 1 atom stereocenters. The van der Waals surface area contributed by atoms with E-state index in [0.717, 1.165) is 28.6 Å². The summed E-state index contributed by atoms with van der Waals surface area (Å²) in [6, 6.07) is 73.4. The van der Waals surface area contributed by atoms with Gasteiger partial charge in [-0.3, -0.25) is 0 Å². The average Bonchev–Trinajstić information content (AvgIpc) is 3.55. The van der Waals surface area contributed by atoms with Gasteiger partial charge in [0.1, 0.15) is 11.5 Å². The van der Waals surface area contributed by atoms with Crippen molar-refractivity contribution in [3.8, 4) is 44.9 Å². The molecule has 0 fully saturated rings. The lowest BCUT2D eigenvalue weighted by Gasteiger charge is -2.39. The Kier molecular flexibility index (Phi) is 7.08. The maximum atomic E-state index is 6.71. The van der Waals surface area contributed by atoms with Crippen LogP contribution in [0.2, 0.25) is 0 Å². The number of hydrogen-bond acceptors (Lipinski definition) is 2. The highest BCUT2D eigenvalue weighted by Gasteiger charge is 2.55. The molecule has 0 radical (unpaired) electrons. The Bertz CT molecular complexity index is 3500. The van der Waals surface area contributed by atoms with Crippen LogP contribution in [-0.4, -0.2) is 0 Å². The van der Waals surface area contributed by atoms with E-state index in [9.17, 15) is 0 Å².